The standard InChI is InChI=1S/C16H24N2O4/c1-11-7-13(20-3)14(21-4)8-12(11)10-18(2)16(19)15-9-17-5-6-22-15/h7-8,15,17H,5-6,9-10H2,1-4H3. The molecule has 0 aliphatic carbocycles. The van der Waals surface area contributed by atoms with Gasteiger partial charge >= 0.3 is 0 Å². The van der Waals surface area contributed by atoms with Crippen LogP contribution in [0.3, 0.4) is 0 Å². The van der Waals surface area contributed by atoms with Crippen molar-refractivity contribution in [3.05, 3.63) is 23.3 Å². The maximum absolute atomic E-state index is 12.4. The Kier molecular flexibility index (Phi) is 5.63. The molecule has 1 aromatic rings. The van der Waals surface area contributed by atoms with Crippen molar-refractivity contribution < 1.29 is 19.0 Å². The largest absolute Gasteiger partial charge is 0.493 e. The number of aryl methyl sites for hydroxylation is 1. The van der Waals surface area contributed by atoms with Crippen molar-refractivity contribution in [3.8, 4) is 11.5 Å². The summed E-state index contributed by atoms with van der Waals surface area (Å²) in [6, 6.07) is 3.84. The lowest BCUT2D eigenvalue weighted by molar-refractivity contribution is -0.144. The predicted octanol–water partition coefficient (Wildman–Crippen LogP) is 0.959. The van der Waals surface area contributed by atoms with E-state index in [0.29, 0.717) is 31.2 Å². The maximum Gasteiger partial charge on any atom is 0.253 e. The van der Waals surface area contributed by atoms with Gasteiger partial charge in [0, 0.05) is 26.7 Å². The number of amides is 1. The predicted molar refractivity (Wildman–Crippen MR) is 83.4 cm³/mol. The van der Waals surface area contributed by atoms with Gasteiger partial charge in [0.05, 0.1) is 20.8 Å². The van der Waals surface area contributed by atoms with Crippen LogP contribution in [0.5, 0.6) is 11.5 Å². The van der Waals surface area contributed by atoms with Gasteiger partial charge in [0.2, 0.25) is 0 Å². The minimum absolute atomic E-state index is 0.0126. The molecule has 1 aliphatic heterocycles. The van der Waals surface area contributed by atoms with Crippen LogP contribution in [0, 0.1) is 6.92 Å². The Morgan fingerprint density at radius 1 is 1.36 bits per heavy atom. The molecule has 0 radical (unpaired) electrons. The number of rotatable bonds is 5. The molecular weight excluding hydrogens is 284 g/mol. The third-order valence-electron chi connectivity index (χ3n) is 3.83. The van der Waals surface area contributed by atoms with Crippen LogP contribution in [0.1, 0.15) is 11.1 Å². The minimum atomic E-state index is -0.404. The normalized spacial score (nSPS) is 17.9. The molecule has 1 amide bonds. The molecule has 1 aliphatic rings. The molecule has 0 bridgehead atoms. The smallest absolute Gasteiger partial charge is 0.253 e. The summed E-state index contributed by atoms with van der Waals surface area (Å²) in [7, 11) is 5.00. The van der Waals surface area contributed by atoms with Crippen LogP contribution < -0.4 is 14.8 Å². The molecule has 22 heavy (non-hydrogen) atoms. The van der Waals surface area contributed by atoms with Crippen LogP contribution in [0.25, 0.3) is 0 Å². The molecule has 1 saturated heterocycles. The summed E-state index contributed by atoms with van der Waals surface area (Å²) in [5.74, 6) is 1.35. The Labute approximate surface area is 131 Å². The number of likely N-dealkylation sites (N-methyl/N-ethyl adjacent to an activating group) is 1. The van der Waals surface area contributed by atoms with E-state index in [-0.39, 0.29) is 5.91 Å². The molecule has 1 aromatic carbocycles. The first-order chi connectivity index (χ1) is 10.6. The zero-order valence-electron chi connectivity index (χ0n) is 13.6. The highest BCUT2D eigenvalue weighted by atomic mass is 16.5. The summed E-state index contributed by atoms with van der Waals surface area (Å²) in [6.07, 6.45) is -0.404. The average molecular weight is 308 g/mol. The second-order valence-corrected chi connectivity index (χ2v) is 5.39. The van der Waals surface area contributed by atoms with Crippen LogP contribution in [-0.4, -0.2) is 57.9 Å². The first-order valence-corrected chi connectivity index (χ1v) is 7.35. The monoisotopic (exact) mass is 308 g/mol. The lowest BCUT2D eigenvalue weighted by atomic mass is 10.1. The Morgan fingerprint density at radius 2 is 2.05 bits per heavy atom. The highest BCUT2D eigenvalue weighted by molar-refractivity contribution is 5.81. The van der Waals surface area contributed by atoms with E-state index in [1.807, 2.05) is 19.1 Å². The second kappa shape index (κ2) is 7.47. The fraction of sp³-hybridized carbons (Fsp3) is 0.562. The number of methoxy groups -OCH3 is 2. The number of nitrogens with zero attached hydrogens (tertiary/aromatic N) is 1. The van der Waals surface area contributed by atoms with Crippen LogP contribution >= 0.6 is 0 Å². The zero-order chi connectivity index (χ0) is 16.1. The average Bonchev–Trinajstić information content (AvgIpc) is 2.56. The molecule has 0 spiro atoms. The molecule has 1 unspecified atom stereocenters. The summed E-state index contributed by atoms with van der Waals surface area (Å²) >= 11 is 0. The second-order valence-electron chi connectivity index (χ2n) is 5.39. The molecule has 1 N–H and O–H groups in total. The number of carbonyl (C=O) groups excluding carboxylic acids is 1. The topological polar surface area (TPSA) is 60.0 Å². The van der Waals surface area contributed by atoms with Gasteiger partial charge in [-0.1, -0.05) is 0 Å². The summed E-state index contributed by atoms with van der Waals surface area (Å²) in [5.41, 5.74) is 2.08. The third-order valence-corrected chi connectivity index (χ3v) is 3.83. The number of carbonyl (C=O) groups is 1. The molecule has 1 fully saturated rings. The third kappa shape index (κ3) is 3.69. The molecule has 122 valence electrons. The molecule has 6 heteroatoms. The summed E-state index contributed by atoms with van der Waals surface area (Å²) < 4.78 is 16.1. The first kappa shape index (κ1) is 16.6. The number of hydrogen-bond donors (Lipinski definition) is 1. The molecule has 6 nitrogen and oxygen atoms in total. The van der Waals surface area contributed by atoms with Crippen molar-refractivity contribution in [2.45, 2.75) is 19.6 Å². The van der Waals surface area contributed by atoms with E-state index < -0.39 is 6.10 Å². The van der Waals surface area contributed by atoms with E-state index in [9.17, 15) is 4.79 Å². The quantitative estimate of drug-likeness (QED) is 0.878. The van der Waals surface area contributed by atoms with E-state index in [2.05, 4.69) is 5.32 Å². The number of benzene rings is 1. The number of hydrogen-bond acceptors (Lipinski definition) is 5. The van der Waals surface area contributed by atoms with E-state index in [1.165, 1.54) is 0 Å². The highest BCUT2D eigenvalue weighted by Crippen LogP contribution is 2.30. The molecule has 0 aromatic heterocycles. The Balaban J connectivity index is 2.10. The van der Waals surface area contributed by atoms with Crippen molar-refractivity contribution in [1.82, 2.24) is 10.2 Å². The van der Waals surface area contributed by atoms with Gasteiger partial charge in [-0.15, -0.1) is 0 Å². The zero-order valence-corrected chi connectivity index (χ0v) is 13.6. The van der Waals surface area contributed by atoms with Gasteiger partial charge in [-0.25, -0.2) is 0 Å². The lowest BCUT2D eigenvalue weighted by Crippen LogP contribution is -2.48. The summed E-state index contributed by atoms with van der Waals surface area (Å²) in [6.45, 7) is 4.43. The van der Waals surface area contributed by atoms with Gasteiger partial charge in [-0.2, -0.15) is 0 Å². The van der Waals surface area contributed by atoms with E-state index in [4.69, 9.17) is 14.2 Å². The fourth-order valence-electron chi connectivity index (χ4n) is 2.50. The van der Waals surface area contributed by atoms with Crippen LogP contribution in [0.15, 0.2) is 12.1 Å². The Morgan fingerprint density at radius 3 is 2.64 bits per heavy atom. The summed E-state index contributed by atoms with van der Waals surface area (Å²) in [5, 5.41) is 3.17. The molecule has 1 heterocycles. The van der Waals surface area contributed by atoms with Crippen molar-refractivity contribution in [1.29, 1.82) is 0 Å². The van der Waals surface area contributed by atoms with E-state index >= 15 is 0 Å². The lowest BCUT2D eigenvalue weighted by Gasteiger charge is -2.27. The SMILES string of the molecule is COc1cc(C)c(CN(C)C(=O)C2CNCCO2)cc1OC. The molecular formula is C16H24N2O4. The van der Waals surface area contributed by atoms with Gasteiger partial charge in [0.25, 0.3) is 5.91 Å². The van der Waals surface area contributed by atoms with Crippen LogP contribution in [0.2, 0.25) is 0 Å². The maximum atomic E-state index is 12.4. The number of morpholine rings is 1. The van der Waals surface area contributed by atoms with Crippen molar-refractivity contribution in [2.75, 3.05) is 41.0 Å². The van der Waals surface area contributed by atoms with Crippen molar-refractivity contribution in [2.24, 2.45) is 0 Å². The summed E-state index contributed by atoms with van der Waals surface area (Å²) in [4.78, 5) is 14.1. The van der Waals surface area contributed by atoms with Crippen molar-refractivity contribution in [3.63, 3.8) is 0 Å². The Bertz CT molecular complexity index is 527. The first-order valence-electron chi connectivity index (χ1n) is 7.35. The highest BCUT2D eigenvalue weighted by Gasteiger charge is 2.25. The van der Waals surface area contributed by atoms with E-state index in [0.717, 1.165) is 17.7 Å². The molecule has 1 atom stereocenters. The van der Waals surface area contributed by atoms with Gasteiger partial charge < -0.3 is 24.4 Å². The van der Waals surface area contributed by atoms with Gasteiger partial charge in [0.15, 0.2) is 11.5 Å². The fourth-order valence-corrected chi connectivity index (χ4v) is 2.50. The molecule has 2 rings (SSSR count). The van der Waals surface area contributed by atoms with Crippen LogP contribution in [0.4, 0.5) is 0 Å². The van der Waals surface area contributed by atoms with E-state index in [1.54, 1.807) is 26.2 Å². The number of ether oxygens (including phenoxy) is 3. The van der Waals surface area contributed by atoms with Crippen LogP contribution in [-0.2, 0) is 16.1 Å². The van der Waals surface area contributed by atoms with Gasteiger partial charge in [-0.3, -0.25) is 4.79 Å². The number of nitrogens with one attached hydrogen (secondary N) is 1. The molecule has 0 saturated carbocycles. The minimum Gasteiger partial charge on any atom is -0.493 e. The van der Waals surface area contributed by atoms with Gasteiger partial charge in [0.1, 0.15) is 6.10 Å². The van der Waals surface area contributed by atoms with Crippen molar-refractivity contribution >= 4 is 5.91 Å². The Hall–Kier alpha value is -1.79. The van der Waals surface area contributed by atoms with Gasteiger partial charge in [-0.05, 0) is 30.2 Å².